The van der Waals surface area contributed by atoms with Crippen molar-refractivity contribution in [2.24, 2.45) is 5.92 Å². The largest absolute Gasteiger partial charge is 0.416 e. The molecular formula is C29H36F3N6O3+. The lowest BCUT2D eigenvalue weighted by atomic mass is 9.83. The Kier molecular flexibility index (Phi) is 9.01. The number of amides is 3. The summed E-state index contributed by atoms with van der Waals surface area (Å²) in [6, 6.07) is 11.1. The van der Waals surface area contributed by atoms with Gasteiger partial charge >= 0.3 is 18.1 Å². The molecule has 0 saturated heterocycles. The summed E-state index contributed by atoms with van der Waals surface area (Å²) < 4.78 is 47.9. The maximum atomic E-state index is 13.7. The topological polar surface area (TPSA) is 103 Å². The molecule has 9 nitrogen and oxygen atoms in total. The van der Waals surface area contributed by atoms with Crippen LogP contribution in [0.5, 0.6) is 0 Å². The molecule has 4 rings (SSSR count). The van der Waals surface area contributed by atoms with Crippen LogP contribution in [0.25, 0.3) is 0 Å². The van der Waals surface area contributed by atoms with Crippen LogP contribution < -0.4 is 20.6 Å². The van der Waals surface area contributed by atoms with E-state index in [0.29, 0.717) is 11.5 Å². The highest BCUT2D eigenvalue weighted by Crippen LogP contribution is 2.34. The number of carbonyl (C=O) groups is 2. The first-order valence-corrected chi connectivity index (χ1v) is 13.5. The van der Waals surface area contributed by atoms with E-state index in [0.717, 1.165) is 44.4 Å². The van der Waals surface area contributed by atoms with Crippen LogP contribution in [0, 0.1) is 5.92 Å². The van der Waals surface area contributed by atoms with E-state index in [-0.39, 0.29) is 23.3 Å². The van der Waals surface area contributed by atoms with E-state index < -0.39 is 29.1 Å². The maximum absolute atomic E-state index is 13.7. The van der Waals surface area contributed by atoms with Crippen molar-refractivity contribution in [1.82, 2.24) is 10.2 Å². The minimum atomic E-state index is -4.70. The summed E-state index contributed by atoms with van der Waals surface area (Å²) in [7, 11) is 4.12. The maximum Gasteiger partial charge on any atom is 0.416 e. The summed E-state index contributed by atoms with van der Waals surface area (Å²) in [5.41, 5.74) is -1.60. The van der Waals surface area contributed by atoms with E-state index in [1.165, 1.54) is 6.07 Å². The number of hydrogen-bond donors (Lipinski definition) is 3. The van der Waals surface area contributed by atoms with Crippen molar-refractivity contribution in [2.75, 3.05) is 36.6 Å². The van der Waals surface area contributed by atoms with Gasteiger partial charge in [-0.3, -0.25) is 14.6 Å². The van der Waals surface area contributed by atoms with Crippen LogP contribution in [0.15, 0.2) is 59.3 Å². The molecule has 3 amide bonds. The van der Waals surface area contributed by atoms with Crippen molar-refractivity contribution in [3.05, 3.63) is 65.9 Å². The van der Waals surface area contributed by atoms with Crippen molar-refractivity contribution in [3.8, 4) is 0 Å². The predicted molar refractivity (Wildman–Crippen MR) is 148 cm³/mol. The minimum Gasteiger partial charge on any atom is -0.325 e. The molecule has 3 N–H and O–H groups in total. The number of alkyl halides is 3. The fourth-order valence-electron chi connectivity index (χ4n) is 5.08. The van der Waals surface area contributed by atoms with E-state index in [1.54, 1.807) is 49.0 Å². The first-order valence-electron chi connectivity index (χ1n) is 13.5. The highest BCUT2D eigenvalue weighted by Gasteiger charge is 2.34. The Labute approximate surface area is 237 Å². The fourth-order valence-corrected chi connectivity index (χ4v) is 5.08. The molecule has 0 spiro atoms. The molecule has 1 saturated carbocycles. The first-order chi connectivity index (χ1) is 19.3. The van der Waals surface area contributed by atoms with Crippen LogP contribution in [0.4, 0.5) is 35.2 Å². The molecule has 12 heteroatoms. The van der Waals surface area contributed by atoms with E-state index in [2.05, 4.69) is 40.2 Å². The van der Waals surface area contributed by atoms with Crippen LogP contribution in [-0.2, 0) is 16.4 Å². The summed E-state index contributed by atoms with van der Waals surface area (Å²) in [5.74, 6) is 0.187. The first kappa shape index (κ1) is 30.0. The van der Waals surface area contributed by atoms with Gasteiger partial charge in [0.2, 0.25) is 11.2 Å². The average molecular weight is 574 g/mol. The van der Waals surface area contributed by atoms with Gasteiger partial charge in [0.25, 0.3) is 6.20 Å². The monoisotopic (exact) mass is 573 g/mol. The SMILES string of the molecule is CN(C)CC1CCC([n+]2cc(NC(=O)Nc3cc(NC(=O)C(C)(C)c4ccccc4)cc(C(F)(F)F)c3)on2)CC1. The molecule has 1 aromatic heterocycles. The molecule has 0 bridgehead atoms. The highest BCUT2D eigenvalue weighted by atomic mass is 19.4. The number of benzene rings is 2. The van der Waals surface area contributed by atoms with Crippen molar-refractivity contribution < 1.29 is 32.0 Å². The van der Waals surface area contributed by atoms with E-state index >= 15 is 0 Å². The summed E-state index contributed by atoms with van der Waals surface area (Å²) >= 11 is 0. The zero-order valence-electron chi connectivity index (χ0n) is 23.6. The van der Waals surface area contributed by atoms with Gasteiger partial charge in [0.05, 0.1) is 11.0 Å². The Hall–Kier alpha value is -3.93. The number of anilines is 3. The Bertz CT molecular complexity index is 1350. The van der Waals surface area contributed by atoms with Crippen LogP contribution >= 0.6 is 0 Å². The van der Waals surface area contributed by atoms with Crippen molar-refractivity contribution >= 4 is 29.2 Å². The Balaban J connectivity index is 1.42. The number of nitrogens with one attached hydrogen (secondary N) is 3. The molecule has 1 heterocycles. The average Bonchev–Trinajstić information content (AvgIpc) is 3.36. The predicted octanol–water partition coefficient (Wildman–Crippen LogP) is 5.83. The number of urea groups is 1. The fraction of sp³-hybridized carbons (Fsp3) is 0.448. The molecule has 220 valence electrons. The molecule has 0 atom stereocenters. The second kappa shape index (κ2) is 12.3. The molecule has 1 aliphatic carbocycles. The molecule has 1 aliphatic rings. The zero-order valence-corrected chi connectivity index (χ0v) is 23.6. The van der Waals surface area contributed by atoms with Crippen LogP contribution in [0.2, 0.25) is 0 Å². The van der Waals surface area contributed by atoms with Gasteiger partial charge in [0, 0.05) is 30.8 Å². The quantitative estimate of drug-likeness (QED) is 0.294. The molecule has 41 heavy (non-hydrogen) atoms. The van der Waals surface area contributed by atoms with Crippen molar-refractivity contribution in [2.45, 2.75) is 57.2 Å². The Morgan fingerprint density at radius 2 is 1.59 bits per heavy atom. The summed E-state index contributed by atoms with van der Waals surface area (Å²) in [4.78, 5) is 27.9. The normalized spacial score (nSPS) is 17.8. The molecule has 0 radical (unpaired) electrons. The van der Waals surface area contributed by atoms with Crippen molar-refractivity contribution in [3.63, 3.8) is 0 Å². The summed E-state index contributed by atoms with van der Waals surface area (Å²) in [6.45, 7) is 4.39. The van der Waals surface area contributed by atoms with Crippen LogP contribution in [0.3, 0.4) is 0 Å². The van der Waals surface area contributed by atoms with Gasteiger partial charge in [-0.15, -0.1) is 0 Å². The smallest absolute Gasteiger partial charge is 0.325 e. The van der Waals surface area contributed by atoms with E-state index in [9.17, 15) is 22.8 Å². The van der Waals surface area contributed by atoms with Crippen LogP contribution in [0.1, 0.15) is 56.7 Å². The Morgan fingerprint density at radius 3 is 2.20 bits per heavy atom. The molecule has 0 aliphatic heterocycles. The molecular weight excluding hydrogens is 537 g/mol. The second-order valence-corrected chi connectivity index (χ2v) is 11.3. The van der Waals surface area contributed by atoms with Gasteiger partial charge in [-0.05, 0) is 75.1 Å². The third kappa shape index (κ3) is 7.84. The van der Waals surface area contributed by atoms with Gasteiger partial charge in [0.1, 0.15) is 0 Å². The molecule has 0 unspecified atom stereocenters. The lowest BCUT2D eigenvalue weighted by molar-refractivity contribution is -0.787. The summed E-state index contributed by atoms with van der Waals surface area (Å²) in [5, 5.41) is 11.5. The number of aromatic nitrogens is 2. The number of hydrogen-bond acceptors (Lipinski definition) is 5. The zero-order chi connectivity index (χ0) is 29.8. The van der Waals surface area contributed by atoms with Crippen LogP contribution in [-0.4, -0.2) is 42.7 Å². The third-order valence-corrected chi connectivity index (χ3v) is 7.37. The van der Waals surface area contributed by atoms with Gasteiger partial charge < -0.3 is 15.5 Å². The third-order valence-electron chi connectivity index (χ3n) is 7.37. The van der Waals surface area contributed by atoms with Crippen molar-refractivity contribution in [1.29, 1.82) is 0 Å². The van der Waals surface area contributed by atoms with Gasteiger partial charge in [-0.2, -0.15) is 13.2 Å². The second-order valence-electron chi connectivity index (χ2n) is 11.3. The lowest BCUT2D eigenvalue weighted by Crippen LogP contribution is -2.43. The Morgan fingerprint density at radius 1 is 0.951 bits per heavy atom. The number of carbonyl (C=O) groups excluding carboxylic acids is 2. The highest BCUT2D eigenvalue weighted by molar-refractivity contribution is 6.01. The standard InChI is InChI=1S/C29H35F3N6O3/c1-28(2,20-8-6-5-7-9-20)26(39)33-22-14-21(29(30,31)32)15-23(16-22)34-27(40)35-25-18-38(36-41-25)24-12-10-19(11-13-24)17-37(3)4/h5-9,14-16,18-19,24H,10-13,17H2,1-4H3,(H2-,33,34,35,36,39,40)/p+1. The van der Waals surface area contributed by atoms with E-state index in [4.69, 9.17) is 4.52 Å². The number of rotatable bonds is 8. The summed E-state index contributed by atoms with van der Waals surface area (Å²) in [6.07, 6.45) is 0.846. The minimum absolute atomic E-state index is 0.0584. The van der Waals surface area contributed by atoms with Gasteiger partial charge in [-0.25, -0.2) is 4.79 Å². The number of halogens is 3. The van der Waals surface area contributed by atoms with Gasteiger partial charge in [0.15, 0.2) is 6.04 Å². The van der Waals surface area contributed by atoms with E-state index in [1.807, 2.05) is 6.07 Å². The number of nitrogens with zero attached hydrogens (tertiary/aromatic N) is 3. The molecule has 1 fully saturated rings. The lowest BCUT2D eigenvalue weighted by Gasteiger charge is -2.26. The molecule has 2 aromatic carbocycles. The molecule has 3 aromatic rings. The van der Waals surface area contributed by atoms with Gasteiger partial charge in [-0.1, -0.05) is 30.3 Å².